The summed E-state index contributed by atoms with van der Waals surface area (Å²) >= 11 is 0. The van der Waals surface area contributed by atoms with Gasteiger partial charge in [0.15, 0.2) is 11.5 Å². The molecule has 0 aliphatic carbocycles. The summed E-state index contributed by atoms with van der Waals surface area (Å²) in [4.78, 5) is 30.2. The van der Waals surface area contributed by atoms with Crippen LogP contribution in [0.2, 0.25) is 0 Å². The molecule has 0 N–H and O–H groups in total. The number of rotatable bonds is 5. The average molecular weight is 398 g/mol. The summed E-state index contributed by atoms with van der Waals surface area (Å²) in [5.41, 5.74) is 3.36. The van der Waals surface area contributed by atoms with E-state index < -0.39 is 0 Å². The molecule has 0 fully saturated rings. The molecule has 0 unspecified atom stereocenters. The largest absolute Gasteiger partial charge is 0.497 e. The fraction of sp³-hybridized carbons (Fsp3) is 0.136. The molecule has 0 saturated carbocycles. The molecule has 0 saturated heterocycles. The molecule has 2 aliphatic heterocycles. The zero-order chi connectivity index (χ0) is 20.5. The van der Waals surface area contributed by atoms with Crippen molar-refractivity contribution in [1.82, 2.24) is 29.1 Å². The van der Waals surface area contributed by atoms with Crippen molar-refractivity contribution in [2.24, 2.45) is 0 Å². The molecule has 0 radical (unpaired) electrons. The third kappa shape index (κ3) is 3.18. The van der Waals surface area contributed by atoms with E-state index in [-0.39, 0.29) is 5.69 Å². The number of imidazole rings is 2. The van der Waals surface area contributed by atoms with Gasteiger partial charge in [0.05, 0.1) is 26.5 Å². The van der Waals surface area contributed by atoms with Gasteiger partial charge in [0.2, 0.25) is 0 Å². The molecule has 2 aliphatic rings. The van der Waals surface area contributed by atoms with Crippen LogP contribution in [0.4, 0.5) is 0 Å². The summed E-state index contributed by atoms with van der Waals surface area (Å²) in [6, 6.07) is 17.6. The SMILES string of the molecule is COc1ccc(Cn2cnc3c4nc(=O)n(Cc5ccccc5)c-4ncnc32)cc1. The van der Waals surface area contributed by atoms with Crippen LogP contribution in [-0.4, -0.2) is 36.2 Å². The third-order valence-corrected chi connectivity index (χ3v) is 5.00. The number of methoxy groups -OCH3 is 1. The molecule has 0 bridgehead atoms. The monoisotopic (exact) mass is 398 g/mol. The van der Waals surface area contributed by atoms with Crippen LogP contribution in [-0.2, 0) is 13.1 Å². The first-order valence-corrected chi connectivity index (χ1v) is 9.46. The minimum absolute atomic E-state index is 0.349. The van der Waals surface area contributed by atoms with Crippen molar-refractivity contribution in [3.8, 4) is 17.3 Å². The molecule has 8 nitrogen and oxygen atoms in total. The van der Waals surface area contributed by atoms with Crippen LogP contribution in [0.15, 0.2) is 72.0 Å². The molecule has 5 rings (SSSR count). The topological polar surface area (TPSA) is 87.7 Å². The average Bonchev–Trinajstić information content (AvgIpc) is 3.24. The van der Waals surface area contributed by atoms with Crippen molar-refractivity contribution in [3.63, 3.8) is 0 Å². The van der Waals surface area contributed by atoms with Crippen molar-refractivity contribution < 1.29 is 4.74 Å². The van der Waals surface area contributed by atoms with Crippen LogP contribution in [0.3, 0.4) is 0 Å². The maximum atomic E-state index is 12.6. The summed E-state index contributed by atoms with van der Waals surface area (Å²) in [5, 5.41) is 0. The highest BCUT2D eigenvalue weighted by Gasteiger charge is 2.21. The van der Waals surface area contributed by atoms with E-state index >= 15 is 0 Å². The van der Waals surface area contributed by atoms with Gasteiger partial charge in [0.1, 0.15) is 23.3 Å². The number of nitrogens with zero attached hydrogens (tertiary/aromatic N) is 6. The minimum Gasteiger partial charge on any atom is -0.497 e. The zero-order valence-electron chi connectivity index (χ0n) is 16.3. The van der Waals surface area contributed by atoms with E-state index in [4.69, 9.17) is 4.74 Å². The number of hydrogen-bond acceptors (Lipinski definition) is 6. The maximum Gasteiger partial charge on any atom is 0.350 e. The summed E-state index contributed by atoms with van der Waals surface area (Å²) in [7, 11) is 1.64. The van der Waals surface area contributed by atoms with Crippen molar-refractivity contribution in [2.45, 2.75) is 13.1 Å². The highest BCUT2D eigenvalue weighted by Crippen LogP contribution is 2.24. The van der Waals surface area contributed by atoms with E-state index in [1.54, 1.807) is 18.0 Å². The van der Waals surface area contributed by atoms with Crippen LogP contribution in [0.25, 0.3) is 22.7 Å². The quantitative estimate of drug-likeness (QED) is 0.452. The van der Waals surface area contributed by atoms with Crippen molar-refractivity contribution >= 4 is 11.2 Å². The lowest BCUT2D eigenvalue weighted by atomic mass is 10.2. The number of fused-ring (bicyclic) bond motifs is 3. The molecule has 3 heterocycles. The highest BCUT2D eigenvalue weighted by molar-refractivity contribution is 5.85. The molecular formula is C22H18N6O2. The summed E-state index contributed by atoms with van der Waals surface area (Å²) < 4.78 is 8.68. The second-order valence-electron chi connectivity index (χ2n) is 6.90. The fourth-order valence-corrected chi connectivity index (χ4v) is 3.48. The Balaban J connectivity index is 1.55. The van der Waals surface area contributed by atoms with Gasteiger partial charge in [0.25, 0.3) is 0 Å². The Hall–Kier alpha value is -4.07. The maximum absolute atomic E-state index is 12.6. The zero-order valence-corrected chi connectivity index (χ0v) is 16.3. The van der Waals surface area contributed by atoms with Gasteiger partial charge in [-0.1, -0.05) is 42.5 Å². The summed E-state index contributed by atoms with van der Waals surface area (Å²) in [6.45, 7) is 0.967. The first kappa shape index (κ1) is 18.0. The lowest BCUT2D eigenvalue weighted by Crippen LogP contribution is -2.17. The fourth-order valence-electron chi connectivity index (χ4n) is 3.48. The van der Waals surface area contributed by atoms with Crippen LogP contribution < -0.4 is 10.4 Å². The van der Waals surface area contributed by atoms with Crippen molar-refractivity contribution in [3.05, 3.63) is 88.9 Å². The second-order valence-corrected chi connectivity index (χ2v) is 6.90. The molecule has 0 spiro atoms. The molecule has 1 aromatic heterocycles. The van der Waals surface area contributed by atoms with E-state index in [1.165, 1.54) is 6.33 Å². The second kappa shape index (κ2) is 7.40. The first-order chi connectivity index (χ1) is 14.7. The smallest absolute Gasteiger partial charge is 0.350 e. The van der Waals surface area contributed by atoms with Gasteiger partial charge < -0.3 is 9.30 Å². The molecule has 0 amide bonds. The molecular weight excluding hydrogens is 380 g/mol. The van der Waals surface area contributed by atoms with Crippen LogP contribution >= 0.6 is 0 Å². The standard InChI is InChI=1S/C22H18N6O2/c1-30-17-9-7-16(8-10-17)11-27-14-25-18-19-21(24-13-23-20(18)27)28(22(29)26-19)12-15-5-3-2-4-6-15/h2-10,13-14H,11-12H2,1H3. The molecule has 3 aromatic rings. The van der Waals surface area contributed by atoms with Gasteiger partial charge in [-0.25, -0.2) is 19.7 Å². The van der Waals surface area contributed by atoms with E-state index in [0.29, 0.717) is 35.8 Å². The molecule has 148 valence electrons. The van der Waals surface area contributed by atoms with E-state index in [9.17, 15) is 4.79 Å². The number of aromatic nitrogens is 6. The van der Waals surface area contributed by atoms with Crippen molar-refractivity contribution in [2.75, 3.05) is 7.11 Å². The molecule has 2 aromatic carbocycles. The van der Waals surface area contributed by atoms with Gasteiger partial charge in [-0.3, -0.25) is 4.57 Å². The van der Waals surface area contributed by atoms with Gasteiger partial charge >= 0.3 is 5.69 Å². The Morgan fingerprint density at radius 3 is 2.43 bits per heavy atom. The van der Waals surface area contributed by atoms with Crippen LogP contribution in [0, 0.1) is 0 Å². The van der Waals surface area contributed by atoms with Crippen LogP contribution in [0.5, 0.6) is 5.75 Å². The Labute approximate surface area is 171 Å². The Morgan fingerprint density at radius 2 is 1.67 bits per heavy atom. The number of ether oxygens (including phenoxy) is 1. The van der Waals surface area contributed by atoms with E-state index in [1.807, 2.05) is 59.2 Å². The van der Waals surface area contributed by atoms with Crippen LogP contribution in [0.1, 0.15) is 11.1 Å². The normalized spacial score (nSPS) is 11.2. The lowest BCUT2D eigenvalue weighted by Gasteiger charge is -2.04. The van der Waals surface area contributed by atoms with Gasteiger partial charge in [0, 0.05) is 0 Å². The Morgan fingerprint density at radius 1 is 0.900 bits per heavy atom. The summed E-state index contributed by atoms with van der Waals surface area (Å²) in [6.07, 6.45) is 3.17. The Kier molecular flexibility index (Phi) is 4.44. The lowest BCUT2D eigenvalue weighted by molar-refractivity contribution is 0.414. The summed E-state index contributed by atoms with van der Waals surface area (Å²) in [5.74, 6) is 1.28. The van der Waals surface area contributed by atoms with Gasteiger partial charge in [-0.2, -0.15) is 4.98 Å². The Bertz CT molecular complexity index is 1340. The number of hydrogen-bond donors (Lipinski definition) is 0. The molecule has 30 heavy (non-hydrogen) atoms. The molecule has 8 heteroatoms. The third-order valence-electron chi connectivity index (χ3n) is 5.00. The number of benzene rings is 2. The predicted octanol–water partition coefficient (Wildman–Crippen LogP) is 2.59. The van der Waals surface area contributed by atoms with Gasteiger partial charge in [-0.15, -0.1) is 0 Å². The van der Waals surface area contributed by atoms with E-state index in [0.717, 1.165) is 16.9 Å². The highest BCUT2D eigenvalue weighted by atomic mass is 16.5. The minimum atomic E-state index is -0.349. The van der Waals surface area contributed by atoms with E-state index in [2.05, 4.69) is 19.9 Å². The first-order valence-electron chi connectivity index (χ1n) is 9.46. The molecule has 0 atom stereocenters. The van der Waals surface area contributed by atoms with Crippen molar-refractivity contribution in [1.29, 1.82) is 0 Å². The van der Waals surface area contributed by atoms with Gasteiger partial charge in [-0.05, 0) is 23.3 Å². The predicted molar refractivity (Wildman–Crippen MR) is 112 cm³/mol.